The summed E-state index contributed by atoms with van der Waals surface area (Å²) in [5.74, 6) is 0.0195. The van der Waals surface area contributed by atoms with Gasteiger partial charge in [-0.1, -0.05) is 12.7 Å². The molecule has 0 aliphatic carbocycles. The molecule has 0 radical (unpaired) electrons. The largest absolute Gasteiger partial charge is 0.410 e. The molecule has 0 aromatic heterocycles. The summed E-state index contributed by atoms with van der Waals surface area (Å²) >= 11 is 0. The van der Waals surface area contributed by atoms with Gasteiger partial charge < -0.3 is 5.23 Å². The van der Waals surface area contributed by atoms with Gasteiger partial charge in [-0.15, -0.1) is 0 Å². The fourth-order valence-corrected chi connectivity index (χ4v) is 0.816. The van der Waals surface area contributed by atoms with Crippen LogP contribution in [0.2, 0.25) is 0 Å². The number of rotatable bonds is 5. The van der Waals surface area contributed by atoms with Crippen LogP contribution in [-0.2, 0) is 4.79 Å². The Hall–Kier alpha value is -1.25. The highest BCUT2D eigenvalue weighted by Gasteiger charge is 2.00. The zero-order valence-electron chi connectivity index (χ0n) is 8.21. The molecule has 13 heavy (non-hydrogen) atoms. The molecule has 0 unspecified atom stereocenters. The highest BCUT2D eigenvalue weighted by Crippen LogP contribution is 1.97. The second-order valence-corrected chi connectivity index (χ2v) is 2.45. The molecule has 5 heteroatoms. The number of nitrogens with zero attached hydrogens (tertiary/aromatic N) is 1. The van der Waals surface area contributed by atoms with Gasteiger partial charge in [0.15, 0.2) is 7.31 Å². The summed E-state index contributed by atoms with van der Waals surface area (Å²) in [6.45, 7) is 5.34. The van der Waals surface area contributed by atoms with Gasteiger partial charge in [0.25, 0.3) is 0 Å². The first kappa shape index (κ1) is 11.7. The van der Waals surface area contributed by atoms with Crippen LogP contribution in [0.1, 0.15) is 13.3 Å². The summed E-state index contributed by atoms with van der Waals surface area (Å²) < 4.78 is 0. The molecule has 0 rings (SSSR count). The molecule has 0 aliphatic rings. The van der Waals surface area contributed by atoms with Crippen molar-refractivity contribution in [2.45, 2.75) is 13.3 Å². The fourth-order valence-electron chi connectivity index (χ4n) is 0.816. The molecule has 0 aliphatic heterocycles. The van der Waals surface area contributed by atoms with Gasteiger partial charge in [-0.3, -0.25) is 9.79 Å². The van der Waals surface area contributed by atoms with Crippen molar-refractivity contribution < 1.29 is 4.79 Å². The predicted molar refractivity (Wildman–Crippen MR) is 60.9 cm³/mol. The lowest BCUT2D eigenvalue weighted by Crippen LogP contribution is -2.27. The van der Waals surface area contributed by atoms with Gasteiger partial charge in [0.2, 0.25) is 5.91 Å². The predicted octanol–water partition coefficient (Wildman–Crippen LogP) is -0.447. The standard InChI is InChI=1S/C8H14B2N2O/c1-3-7(6-11-4-2)5-8(13)12-10-9/h3-4,6,10H,2,5,9H2,1H3,(H,12,13)/b7-3-,11-6-. The number of nitrogens with one attached hydrogen (secondary N) is 1. The van der Waals surface area contributed by atoms with Crippen LogP contribution >= 0.6 is 0 Å². The quantitative estimate of drug-likeness (QED) is 0.447. The Morgan fingerprint density at radius 2 is 2.46 bits per heavy atom. The Labute approximate surface area is 80.7 Å². The van der Waals surface area contributed by atoms with Gasteiger partial charge in [-0.25, -0.2) is 0 Å². The average Bonchev–Trinajstić information content (AvgIpc) is 2.12. The number of carbonyl (C=O) groups is 1. The molecule has 0 atom stereocenters. The molecule has 0 fully saturated rings. The second kappa shape index (κ2) is 7.40. The maximum Gasteiger partial charge on any atom is 0.211 e. The maximum atomic E-state index is 11.1. The normalized spacial score (nSPS) is 11.3. The Balaban J connectivity index is 4.06. The number of hydrogen-bond donors (Lipinski definition) is 1. The van der Waals surface area contributed by atoms with Crippen molar-refractivity contribution in [3.63, 3.8) is 0 Å². The van der Waals surface area contributed by atoms with E-state index in [1.807, 2.05) is 20.7 Å². The van der Waals surface area contributed by atoms with Crippen LogP contribution in [0.5, 0.6) is 0 Å². The van der Waals surface area contributed by atoms with E-state index in [9.17, 15) is 4.79 Å². The maximum absolute atomic E-state index is 11.1. The summed E-state index contributed by atoms with van der Waals surface area (Å²) in [6, 6.07) is 0. The molecule has 68 valence electrons. The van der Waals surface area contributed by atoms with Gasteiger partial charge in [0.05, 0.1) is 14.2 Å². The number of amides is 1. The van der Waals surface area contributed by atoms with E-state index in [0.29, 0.717) is 13.7 Å². The van der Waals surface area contributed by atoms with Crippen LogP contribution in [-0.4, -0.2) is 27.2 Å². The van der Waals surface area contributed by atoms with E-state index in [-0.39, 0.29) is 5.91 Å². The topological polar surface area (TPSA) is 41.5 Å². The first-order chi connectivity index (χ1) is 6.24. The highest BCUT2D eigenvalue weighted by atomic mass is 16.1. The zero-order chi connectivity index (χ0) is 10.1. The smallest absolute Gasteiger partial charge is 0.211 e. The van der Waals surface area contributed by atoms with Crippen molar-refractivity contribution in [2.75, 3.05) is 0 Å². The van der Waals surface area contributed by atoms with Crippen molar-refractivity contribution in [3.8, 4) is 0 Å². The van der Waals surface area contributed by atoms with Crippen molar-refractivity contribution in [1.29, 1.82) is 0 Å². The SMILES string of the molecule is BBNC(=O)CC(/C=N\C=C)=C/C. The Bertz CT molecular complexity index is 236. The number of carbonyl (C=O) groups excluding carboxylic acids is 1. The van der Waals surface area contributed by atoms with E-state index >= 15 is 0 Å². The van der Waals surface area contributed by atoms with Gasteiger partial charge in [0, 0.05) is 12.4 Å². The first-order valence-electron chi connectivity index (χ1n) is 4.30. The third-order valence-electron chi connectivity index (χ3n) is 1.46. The Morgan fingerprint density at radius 1 is 1.77 bits per heavy atom. The van der Waals surface area contributed by atoms with E-state index in [0.717, 1.165) is 5.57 Å². The molecule has 0 aromatic rings. The van der Waals surface area contributed by atoms with Crippen LogP contribution in [0.3, 0.4) is 0 Å². The van der Waals surface area contributed by atoms with E-state index in [1.54, 1.807) is 6.21 Å². The van der Waals surface area contributed by atoms with Crippen molar-refractivity contribution in [3.05, 3.63) is 24.4 Å². The molecule has 0 aromatic carbocycles. The summed E-state index contributed by atoms with van der Waals surface area (Å²) in [7, 11) is 2.56. The van der Waals surface area contributed by atoms with E-state index < -0.39 is 0 Å². The molecule has 0 bridgehead atoms. The minimum Gasteiger partial charge on any atom is -0.410 e. The molecule has 0 heterocycles. The van der Waals surface area contributed by atoms with Crippen molar-refractivity contribution in [1.82, 2.24) is 5.23 Å². The lowest BCUT2D eigenvalue weighted by atomic mass is 9.67. The third-order valence-corrected chi connectivity index (χ3v) is 1.46. The van der Waals surface area contributed by atoms with Crippen LogP contribution in [0, 0.1) is 0 Å². The molecule has 3 nitrogen and oxygen atoms in total. The summed E-state index contributed by atoms with van der Waals surface area (Å²) in [4.78, 5) is 15.0. The van der Waals surface area contributed by atoms with Gasteiger partial charge >= 0.3 is 0 Å². The summed E-state index contributed by atoms with van der Waals surface area (Å²) in [5.41, 5.74) is 0.894. The number of hydrogen-bond acceptors (Lipinski definition) is 2. The monoisotopic (exact) mass is 176 g/mol. The summed E-state index contributed by atoms with van der Waals surface area (Å²) in [6.07, 6.45) is 5.33. The van der Waals surface area contributed by atoms with Crippen LogP contribution in [0.25, 0.3) is 0 Å². The summed E-state index contributed by atoms with van der Waals surface area (Å²) in [5, 5.41) is 2.72. The third kappa shape index (κ3) is 5.96. The van der Waals surface area contributed by atoms with Gasteiger partial charge in [-0.2, -0.15) is 0 Å². The van der Waals surface area contributed by atoms with E-state index in [1.165, 1.54) is 6.20 Å². The van der Waals surface area contributed by atoms with Crippen molar-refractivity contribution >= 4 is 27.2 Å². The highest BCUT2D eigenvalue weighted by molar-refractivity contribution is 6.89. The van der Waals surface area contributed by atoms with Gasteiger partial charge in [0.1, 0.15) is 0 Å². The van der Waals surface area contributed by atoms with Crippen LogP contribution in [0.15, 0.2) is 29.4 Å². The minimum absolute atomic E-state index is 0.0195. The lowest BCUT2D eigenvalue weighted by Gasteiger charge is -2.00. The molecule has 1 amide bonds. The molecular weight excluding hydrogens is 162 g/mol. The average molecular weight is 176 g/mol. The van der Waals surface area contributed by atoms with E-state index in [2.05, 4.69) is 16.8 Å². The fraction of sp³-hybridized carbons (Fsp3) is 0.250. The van der Waals surface area contributed by atoms with Crippen molar-refractivity contribution in [2.24, 2.45) is 4.99 Å². The number of allylic oxidation sites excluding steroid dienone is 1. The zero-order valence-corrected chi connectivity index (χ0v) is 8.21. The molecule has 0 spiro atoms. The molecule has 1 N–H and O–H groups in total. The Kier molecular flexibility index (Phi) is 6.69. The Morgan fingerprint density at radius 3 is 2.92 bits per heavy atom. The minimum atomic E-state index is 0.0195. The van der Waals surface area contributed by atoms with Crippen LogP contribution in [0.4, 0.5) is 0 Å². The number of aliphatic imine (C=N–C) groups is 1. The van der Waals surface area contributed by atoms with E-state index in [4.69, 9.17) is 0 Å². The molecule has 0 saturated heterocycles. The molecule has 0 saturated carbocycles. The first-order valence-corrected chi connectivity index (χ1v) is 4.30. The van der Waals surface area contributed by atoms with Gasteiger partial charge in [-0.05, 0) is 12.5 Å². The second-order valence-electron chi connectivity index (χ2n) is 2.45. The lowest BCUT2D eigenvalue weighted by molar-refractivity contribution is -0.118. The van der Waals surface area contributed by atoms with Crippen LogP contribution < -0.4 is 5.23 Å². The molecular formula is C8H14B2N2O.